The van der Waals surface area contributed by atoms with Crippen molar-refractivity contribution in [3.8, 4) is 0 Å². The summed E-state index contributed by atoms with van der Waals surface area (Å²) in [5.41, 5.74) is 2.00. The molecule has 0 radical (unpaired) electrons. The highest BCUT2D eigenvalue weighted by Gasteiger charge is 2.23. The number of carbonyl (C=O) groups excluding carboxylic acids is 1. The van der Waals surface area contributed by atoms with Gasteiger partial charge in [-0.2, -0.15) is 0 Å². The predicted molar refractivity (Wildman–Crippen MR) is 81.0 cm³/mol. The van der Waals surface area contributed by atoms with Crippen molar-refractivity contribution in [1.82, 2.24) is 0 Å². The minimum absolute atomic E-state index is 0.345. The smallest absolute Gasteiger partial charge is 0.332 e. The fraction of sp³-hybridized carbons (Fsp3) is 0.188. The lowest BCUT2D eigenvalue weighted by molar-refractivity contribution is -0.141. The summed E-state index contributed by atoms with van der Waals surface area (Å²) < 4.78 is 18.0. The number of nitrogens with one attached hydrogen (secondary N) is 1. The van der Waals surface area contributed by atoms with Crippen molar-refractivity contribution in [3.63, 3.8) is 0 Å². The molecule has 0 bridgehead atoms. The molecule has 2 aromatic carbocycles. The third-order valence-corrected chi connectivity index (χ3v) is 3.35. The van der Waals surface area contributed by atoms with E-state index in [1.54, 1.807) is 37.3 Å². The van der Waals surface area contributed by atoms with Crippen molar-refractivity contribution in [2.75, 3.05) is 12.4 Å². The van der Waals surface area contributed by atoms with Gasteiger partial charge in [0.1, 0.15) is 5.82 Å². The normalized spacial score (nSPS) is 11.8. The van der Waals surface area contributed by atoms with Crippen molar-refractivity contribution in [1.29, 1.82) is 0 Å². The standard InChI is InChI=1S/C16H15ClFNO2/c1-10-8-12(18)6-7-14(10)15(16(20)21-2)19-13-5-3-4-11(17)9-13/h3-9,15,19H,1-2H3. The van der Waals surface area contributed by atoms with Crippen LogP contribution in [0.3, 0.4) is 0 Å². The van der Waals surface area contributed by atoms with Crippen molar-refractivity contribution < 1.29 is 13.9 Å². The monoisotopic (exact) mass is 307 g/mol. The third kappa shape index (κ3) is 3.73. The van der Waals surface area contributed by atoms with Gasteiger partial charge in [0.05, 0.1) is 7.11 Å². The summed E-state index contributed by atoms with van der Waals surface area (Å²) in [7, 11) is 1.31. The van der Waals surface area contributed by atoms with E-state index in [-0.39, 0.29) is 5.82 Å². The molecular formula is C16H15ClFNO2. The molecule has 0 aliphatic carbocycles. The number of aryl methyl sites for hydroxylation is 1. The highest BCUT2D eigenvalue weighted by Crippen LogP contribution is 2.25. The first-order valence-electron chi connectivity index (χ1n) is 6.37. The van der Waals surface area contributed by atoms with Crippen LogP contribution in [-0.4, -0.2) is 13.1 Å². The first kappa shape index (κ1) is 15.3. The van der Waals surface area contributed by atoms with Gasteiger partial charge >= 0.3 is 5.97 Å². The van der Waals surface area contributed by atoms with Crippen LogP contribution in [0.1, 0.15) is 17.2 Å². The van der Waals surface area contributed by atoms with E-state index in [4.69, 9.17) is 16.3 Å². The van der Waals surface area contributed by atoms with E-state index in [1.165, 1.54) is 19.2 Å². The van der Waals surface area contributed by atoms with Crippen LogP contribution in [0, 0.1) is 12.7 Å². The molecule has 110 valence electrons. The molecule has 0 saturated heterocycles. The summed E-state index contributed by atoms with van der Waals surface area (Å²) in [5, 5.41) is 3.62. The number of ether oxygens (including phenoxy) is 1. The number of hydrogen-bond donors (Lipinski definition) is 1. The van der Waals surface area contributed by atoms with Gasteiger partial charge in [-0.3, -0.25) is 0 Å². The summed E-state index contributed by atoms with van der Waals surface area (Å²) in [5.74, 6) is -0.799. The largest absolute Gasteiger partial charge is 0.467 e. The van der Waals surface area contributed by atoms with Gasteiger partial charge in [-0.05, 0) is 48.4 Å². The molecule has 0 amide bonds. The maximum atomic E-state index is 13.2. The quantitative estimate of drug-likeness (QED) is 0.864. The maximum absolute atomic E-state index is 13.2. The number of anilines is 1. The van der Waals surface area contributed by atoms with Gasteiger partial charge < -0.3 is 10.1 Å². The molecular weight excluding hydrogens is 293 g/mol. The second kappa shape index (κ2) is 6.59. The van der Waals surface area contributed by atoms with E-state index < -0.39 is 12.0 Å². The van der Waals surface area contributed by atoms with Crippen LogP contribution in [0.25, 0.3) is 0 Å². The van der Waals surface area contributed by atoms with Crippen LogP contribution in [-0.2, 0) is 9.53 Å². The lowest BCUT2D eigenvalue weighted by Gasteiger charge is -2.20. The van der Waals surface area contributed by atoms with Crippen LogP contribution in [0.4, 0.5) is 10.1 Å². The van der Waals surface area contributed by atoms with Gasteiger partial charge in [0.2, 0.25) is 0 Å². The zero-order chi connectivity index (χ0) is 15.4. The SMILES string of the molecule is COC(=O)C(Nc1cccc(Cl)c1)c1ccc(F)cc1C. The number of hydrogen-bond acceptors (Lipinski definition) is 3. The van der Waals surface area contributed by atoms with Crippen LogP contribution < -0.4 is 5.32 Å². The minimum atomic E-state index is -0.728. The molecule has 5 heteroatoms. The predicted octanol–water partition coefficient (Wildman–Crippen LogP) is 4.11. The Morgan fingerprint density at radius 3 is 2.67 bits per heavy atom. The topological polar surface area (TPSA) is 38.3 Å². The summed E-state index contributed by atoms with van der Waals surface area (Å²) in [6, 6.07) is 10.6. The van der Waals surface area contributed by atoms with Gasteiger partial charge in [-0.1, -0.05) is 23.7 Å². The second-order valence-corrected chi connectivity index (χ2v) is 5.05. The molecule has 2 rings (SSSR count). The highest BCUT2D eigenvalue weighted by atomic mass is 35.5. The summed E-state index contributed by atoms with van der Waals surface area (Å²) in [6.07, 6.45) is 0. The lowest BCUT2D eigenvalue weighted by atomic mass is 10.0. The highest BCUT2D eigenvalue weighted by molar-refractivity contribution is 6.30. The van der Waals surface area contributed by atoms with Gasteiger partial charge in [0, 0.05) is 10.7 Å². The Morgan fingerprint density at radius 1 is 1.29 bits per heavy atom. The number of methoxy groups -OCH3 is 1. The lowest BCUT2D eigenvalue weighted by Crippen LogP contribution is -2.23. The Balaban J connectivity index is 2.37. The number of halogens is 2. The average molecular weight is 308 g/mol. The average Bonchev–Trinajstić information content (AvgIpc) is 2.45. The van der Waals surface area contributed by atoms with Crippen LogP contribution >= 0.6 is 11.6 Å². The fourth-order valence-corrected chi connectivity index (χ4v) is 2.28. The Labute approximate surface area is 127 Å². The molecule has 0 aliphatic heterocycles. The van der Waals surface area contributed by atoms with Gasteiger partial charge in [-0.15, -0.1) is 0 Å². The molecule has 0 aromatic heterocycles. The molecule has 2 aromatic rings. The molecule has 1 unspecified atom stereocenters. The zero-order valence-electron chi connectivity index (χ0n) is 11.7. The molecule has 0 saturated carbocycles. The molecule has 0 fully saturated rings. The number of carbonyl (C=O) groups is 1. The van der Waals surface area contributed by atoms with E-state index in [2.05, 4.69) is 5.32 Å². The van der Waals surface area contributed by atoms with Crippen LogP contribution in [0.5, 0.6) is 0 Å². The molecule has 1 atom stereocenters. The Morgan fingerprint density at radius 2 is 2.05 bits per heavy atom. The van der Waals surface area contributed by atoms with E-state index in [9.17, 15) is 9.18 Å². The Kier molecular flexibility index (Phi) is 4.81. The van der Waals surface area contributed by atoms with Gasteiger partial charge in [-0.25, -0.2) is 9.18 Å². The summed E-state index contributed by atoms with van der Waals surface area (Å²) >= 11 is 5.93. The number of esters is 1. The molecule has 0 spiro atoms. The third-order valence-electron chi connectivity index (χ3n) is 3.12. The van der Waals surface area contributed by atoms with Crippen molar-refractivity contribution in [2.45, 2.75) is 13.0 Å². The van der Waals surface area contributed by atoms with Crippen LogP contribution in [0.15, 0.2) is 42.5 Å². The molecule has 0 heterocycles. The molecule has 1 N–H and O–H groups in total. The van der Waals surface area contributed by atoms with Crippen LogP contribution in [0.2, 0.25) is 5.02 Å². The molecule has 3 nitrogen and oxygen atoms in total. The summed E-state index contributed by atoms with van der Waals surface area (Å²) in [6.45, 7) is 1.74. The van der Waals surface area contributed by atoms with Crippen molar-refractivity contribution in [3.05, 3.63) is 64.4 Å². The van der Waals surface area contributed by atoms with E-state index in [0.29, 0.717) is 21.8 Å². The second-order valence-electron chi connectivity index (χ2n) is 4.61. The zero-order valence-corrected chi connectivity index (χ0v) is 12.4. The number of benzene rings is 2. The summed E-state index contributed by atoms with van der Waals surface area (Å²) in [4.78, 5) is 12.0. The minimum Gasteiger partial charge on any atom is -0.467 e. The van der Waals surface area contributed by atoms with E-state index >= 15 is 0 Å². The van der Waals surface area contributed by atoms with E-state index in [1.807, 2.05) is 0 Å². The maximum Gasteiger partial charge on any atom is 0.332 e. The van der Waals surface area contributed by atoms with Gasteiger partial charge in [0.15, 0.2) is 6.04 Å². The first-order chi connectivity index (χ1) is 10.0. The van der Waals surface area contributed by atoms with E-state index in [0.717, 1.165) is 0 Å². The first-order valence-corrected chi connectivity index (χ1v) is 6.75. The Bertz CT molecular complexity index is 660. The van der Waals surface area contributed by atoms with Crippen molar-refractivity contribution in [2.24, 2.45) is 0 Å². The van der Waals surface area contributed by atoms with Crippen molar-refractivity contribution >= 4 is 23.3 Å². The number of rotatable bonds is 4. The van der Waals surface area contributed by atoms with Gasteiger partial charge in [0.25, 0.3) is 0 Å². The fourth-order valence-electron chi connectivity index (χ4n) is 2.09. The molecule has 0 aliphatic rings. The Hall–Kier alpha value is -2.07. The molecule has 21 heavy (non-hydrogen) atoms.